The van der Waals surface area contributed by atoms with Crippen LogP contribution >= 0.6 is 0 Å². The third kappa shape index (κ3) is 1.91. The molecule has 0 spiro atoms. The number of benzene rings is 1. The van der Waals surface area contributed by atoms with Crippen molar-refractivity contribution in [2.75, 3.05) is 0 Å². The van der Waals surface area contributed by atoms with E-state index < -0.39 is 10.8 Å². The van der Waals surface area contributed by atoms with Gasteiger partial charge in [-0.1, -0.05) is 12.2 Å². The molecule has 0 fully saturated rings. The number of H-pyrrole nitrogens is 1. The standard InChI is InChI=1S/C17H13N3O4/c1-8-6-12-10(7-13(8)20(23)24)14(17(22)19-12)15-16(21)9-4-2-3-5-11(9)18-15/h4-7,18,21H,2-3H2,1H3. The first-order valence-electron chi connectivity index (χ1n) is 7.51. The minimum Gasteiger partial charge on any atom is -0.505 e. The molecule has 2 aliphatic rings. The van der Waals surface area contributed by atoms with E-state index in [1.165, 1.54) is 12.1 Å². The van der Waals surface area contributed by atoms with Gasteiger partial charge in [-0.15, -0.1) is 0 Å². The molecule has 1 aromatic carbocycles. The van der Waals surface area contributed by atoms with E-state index in [0.717, 1.165) is 18.2 Å². The summed E-state index contributed by atoms with van der Waals surface area (Å²) in [5.74, 6) is -0.533. The van der Waals surface area contributed by atoms with Crippen molar-refractivity contribution in [2.24, 2.45) is 4.99 Å². The van der Waals surface area contributed by atoms with Crippen LogP contribution in [0.1, 0.15) is 24.1 Å². The molecule has 0 radical (unpaired) electrons. The lowest BCUT2D eigenvalue weighted by molar-refractivity contribution is -0.385. The van der Waals surface area contributed by atoms with Crippen molar-refractivity contribution in [3.63, 3.8) is 0 Å². The Morgan fingerprint density at radius 1 is 1.29 bits per heavy atom. The second kappa shape index (κ2) is 4.89. The number of hydrogen-bond acceptors (Lipinski definition) is 4. The Morgan fingerprint density at radius 3 is 2.75 bits per heavy atom. The fraction of sp³-hybridized carbons (Fsp3) is 0.176. The number of amides is 1. The molecule has 120 valence electrons. The highest BCUT2D eigenvalue weighted by Crippen LogP contribution is 2.21. The first-order chi connectivity index (χ1) is 11.5. The fourth-order valence-corrected chi connectivity index (χ4v) is 3.22. The maximum absolute atomic E-state index is 12.4. The Morgan fingerprint density at radius 2 is 2.04 bits per heavy atom. The van der Waals surface area contributed by atoms with Crippen LogP contribution in [0.15, 0.2) is 17.1 Å². The van der Waals surface area contributed by atoms with Gasteiger partial charge in [-0.25, -0.2) is 4.99 Å². The molecule has 0 unspecified atom stereocenters. The summed E-state index contributed by atoms with van der Waals surface area (Å²) in [7, 11) is 0. The third-order valence-electron chi connectivity index (χ3n) is 4.37. The first-order valence-corrected chi connectivity index (χ1v) is 7.51. The lowest BCUT2D eigenvalue weighted by Gasteiger charge is -1.99. The summed E-state index contributed by atoms with van der Waals surface area (Å²) >= 11 is 0. The van der Waals surface area contributed by atoms with Crippen LogP contribution in [0.4, 0.5) is 5.69 Å². The van der Waals surface area contributed by atoms with Crippen molar-refractivity contribution in [1.29, 1.82) is 0 Å². The van der Waals surface area contributed by atoms with Crippen molar-refractivity contribution in [1.82, 2.24) is 4.98 Å². The maximum atomic E-state index is 12.4. The largest absolute Gasteiger partial charge is 0.505 e. The van der Waals surface area contributed by atoms with E-state index in [2.05, 4.69) is 9.98 Å². The second-order valence-electron chi connectivity index (χ2n) is 5.87. The Bertz CT molecular complexity index is 1170. The molecule has 0 saturated carbocycles. The number of nitrogens with zero attached hydrogens (tertiary/aromatic N) is 2. The number of hydrogen-bond donors (Lipinski definition) is 2. The summed E-state index contributed by atoms with van der Waals surface area (Å²) in [6, 6.07) is 2.87. The molecule has 1 aliphatic heterocycles. The van der Waals surface area contributed by atoms with E-state index >= 15 is 0 Å². The number of rotatable bonds is 2. The highest BCUT2D eigenvalue weighted by atomic mass is 16.6. The normalized spacial score (nSPS) is 15.2. The fourth-order valence-electron chi connectivity index (χ4n) is 3.22. The minimum atomic E-state index is -0.515. The van der Waals surface area contributed by atoms with Gasteiger partial charge in [0, 0.05) is 27.4 Å². The molecule has 4 rings (SSSR count). The molecule has 7 heteroatoms. The molecular weight excluding hydrogens is 310 g/mol. The number of fused-ring (bicyclic) bond motifs is 2. The predicted octanol–water partition coefficient (Wildman–Crippen LogP) is -0.349. The highest BCUT2D eigenvalue weighted by molar-refractivity contribution is 6.21. The van der Waals surface area contributed by atoms with Gasteiger partial charge in [-0.05, 0) is 25.8 Å². The lowest BCUT2D eigenvalue weighted by Crippen LogP contribution is -2.25. The smallest absolute Gasteiger partial charge is 0.280 e. The zero-order valence-electron chi connectivity index (χ0n) is 12.8. The summed E-state index contributed by atoms with van der Waals surface area (Å²) < 4.78 is 0. The van der Waals surface area contributed by atoms with Gasteiger partial charge in [0.1, 0.15) is 5.75 Å². The van der Waals surface area contributed by atoms with Crippen LogP contribution in [0.2, 0.25) is 0 Å². The highest BCUT2D eigenvalue weighted by Gasteiger charge is 2.26. The monoisotopic (exact) mass is 323 g/mol. The van der Waals surface area contributed by atoms with Crippen molar-refractivity contribution in [3.8, 4) is 5.75 Å². The van der Waals surface area contributed by atoms with Crippen LogP contribution in [0.5, 0.6) is 5.75 Å². The first kappa shape index (κ1) is 14.4. The molecule has 1 aromatic heterocycles. The van der Waals surface area contributed by atoms with Gasteiger partial charge in [0.15, 0.2) is 0 Å². The van der Waals surface area contributed by atoms with Gasteiger partial charge in [0.05, 0.1) is 21.5 Å². The molecular formula is C17H13N3O4. The summed E-state index contributed by atoms with van der Waals surface area (Å²) in [5.41, 5.74) is 0.792. The van der Waals surface area contributed by atoms with Gasteiger partial charge in [0.25, 0.3) is 11.6 Å². The van der Waals surface area contributed by atoms with E-state index in [4.69, 9.17) is 0 Å². The van der Waals surface area contributed by atoms with Gasteiger partial charge >= 0.3 is 0 Å². The van der Waals surface area contributed by atoms with Gasteiger partial charge in [-0.3, -0.25) is 14.9 Å². The number of nitro groups is 1. The van der Waals surface area contributed by atoms with Crippen LogP contribution in [0.25, 0.3) is 17.7 Å². The molecule has 2 N–H and O–H groups in total. The SMILES string of the molecule is Cc1cc2c(cc1[N+](=O)[O-])=C(c1[nH]c3c(c1O)=CCCC=3)C(=O)N=2. The predicted molar refractivity (Wildman–Crippen MR) is 86.0 cm³/mol. The van der Waals surface area contributed by atoms with Crippen LogP contribution in [-0.4, -0.2) is 20.9 Å². The lowest BCUT2D eigenvalue weighted by atomic mass is 10.1. The average molecular weight is 323 g/mol. The van der Waals surface area contributed by atoms with Crippen molar-refractivity contribution < 1.29 is 14.8 Å². The van der Waals surface area contributed by atoms with Crippen LogP contribution < -0.4 is 21.1 Å². The summed E-state index contributed by atoms with van der Waals surface area (Å²) in [6.45, 7) is 1.60. The average Bonchev–Trinajstić information content (AvgIpc) is 3.02. The van der Waals surface area contributed by atoms with Crippen LogP contribution in [0.3, 0.4) is 0 Å². The number of aromatic hydroxyl groups is 1. The second-order valence-corrected chi connectivity index (χ2v) is 5.87. The number of carbonyl (C=O) groups is 1. The summed E-state index contributed by atoms with van der Waals surface area (Å²) in [5, 5.41) is 23.8. The van der Waals surface area contributed by atoms with E-state index in [9.17, 15) is 20.0 Å². The van der Waals surface area contributed by atoms with E-state index in [1.807, 2.05) is 12.2 Å². The Kier molecular flexibility index (Phi) is 2.93. The summed E-state index contributed by atoms with van der Waals surface area (Å²) in [6.07, 6.45) is 5.52. The number of nitro benzene ring substituents is 1. The number of aromatic nitrogens is 1. The number of aryl methyl sites for hydroxylation is 1. The number of nitrogens with one attached hydrogen (secondary N) is 1. The molecule has 0 saturated heterocycles. The van der Waals surface area contributed by atoms with Gasteiger partial charge in [0.2, 0.25) is 0 Å². The topological polar surface area (TPSA) is 109 Å². The zero-order valence-corrected chi connectivity index (χ0v) is 12.8. The molecule has 0 atom stereocenters. The Balaban J connectivity index is 2.11. The van der Waals surface area contributed by atoms with Crippen molar-refractivity contribution in [2.45, 2.75) is 19.8 Å². The third-order valence-corrected chi connectivity index (χ3v) is 4.37. The molecule has 7 nitrogen and oxygen atoms in total. The Labute approximate surface area is 135 Å². The number of aromatic amines is 1. The van der Waals surface area contributed by atoms with Gasteiger partial charge < -0.3 is 10.1 Å². The molecule has 2 heterocycles. The molecule has 1 aliphatic carbocycles. The van der Waals surface area contributed by atoms with E-state index in [1.54, 1.807) is 6.92 Å². The zero-order chi connectivity index (χ0) is 17.0. The van der Waals surface area contributed by atoms with Gasteiger partial charge in [-0.2, -0.15) is 0 Å². The van der Waals surface area contributed by atoms with E-state index in [-0.39, 0.29) is 22.7 Å². The van der Waals surface area contributed by atoms with Crippen LogP contribution in [0, 0.1) is 17.0 Å². The molecule has 2 aromatic rings. The maximum Gasteiger partial charge on any atom is 0.280 e. The van der Waals surface area contributed by atoms with Crippen molar-refractivity contribution >= 4 is 29.3 Å². The Hall–Kier alpha value is -3.22. The number of carbonyl (C=O) groups excluding carboxylic acids is 1. The molecule has 0 bridgehead atoms. The van der Waals surface area contributed by atoms with Crippen molar-refractivity contribution in [3.05, 3.63) is 54.6 Å². The molecule has 24 heavy (non-hydrogen) atoms. The van der Waals surface area contributed by atoms with Crippen LogP contribution in [-0.2, 0) is 4.79 Å². The minimum absolute atomic E-state index is 0.0180. The quantitative estimate of drug-likeness (QED) is 0.581. The van der Waals surface area contributed by atoms with E-state index in [0.29, 0.717) is 21.4 Å². The summed E-state index contributed by atoms with van der Waals surface area (Å²) in [4.78, 5) is 30.1. The molecule has 1 amide bonds.